The molecular formula is C17H24BrFN2O. The van der Waals surface area contributed by atoms with Gasteiger partial charge in [0.05, 0.1) is 4.83 Å². The summed E-state index contributed by atoms with van der Waals surface area (Å²) in [6.07, 6.45) is 5.10. The summed E-state index contributed by atoms with van der Waals surface area (Å²) in [4.78, 5) is 14.1. The number of unbranched alkanes of at least 4 members (excludes halogenated alkanes) is 1. The second-order valence-electron chi connectivity index (χ2n) is 5.81. The van der Waals surface area contributed by atoms with Crippen molar-refractivity contribution in [2.75, 3.05) is 26.2 Å². The van der Waals surface area contributed by atoms with E-state index in [1.807, 2.05) is 0 Å². The van der Waals surface area contributed by atoms with Gasteiger partial charge in [0.25, 0.3) is 0 Å². The summed E-state index contributed by atoms with van der Waals surface area (Å²) in [5.74, 6) is -0.324. The van der Waals surface area contributed by atoms with Gasteiger partial charge in [0.2, 0.25) is 5.91 Å². The molecule has 1 unspecified atom stereocenters. The van der Waals surface area contributed by atoms with Crippen LogP contribution in [0.3, 0.4) is 0 Å². The van der Waals surface area contributed by atoms with E-state index in [-0.39, 0.29) is 16.6 Å². The molecule has 1 heterocycles. The molecule has 5 heteroatoms. The minimum atomic E-state index is -0.386. The minimum Gasteiger partial charge on any atom is -0.355 e. The predicted molar refractivity (Wildman–Crippen MR) is 90.7 cm³/mol. The van der Waals surface area contributed by atoms with Crippen molar-refractivity contribution in [2.24, 2.45) is 0 Å². The summed E-state index contributed by atoms with van der Waals surface area (Å²) >= 11 is 3.35. The van der Waals surface area contributed by atoms with Crippen molar-refractivity contribution in [3.63, 3.8) is 0 Å². The molecule has 0 saturated carbocycles. The van der Waals surface area contributed by atoms with Crippen molar-refractivity contribution < 1.29 is 9.18 Å². The maximum atomic E-state index is 13.6. The molecule has 1 aliphatic heterocycles. The van der Waals surface area contributed by atoms with Gasteiger partial charge in [-0.3, -0.25) is 4.79 Å². The third-order valence-corrected chi connectivity index (χ3v) is 4.78. The van der Waals surface area contributed by atoms with Crippen molar-refractivity contribution in [3.8, 4) is 0 Å². The molecule has 1 aliphatic rings. The lowest BCUT2D eigenvalue weighted by atomic mass is 10.1. The Kier molecular flexibility index (Phi) is 7.33. The number of carbonyl (C=O) groups is 1. The first-order chi connectivity index (χ1) is 10.7. The summed E-state index contributed by atoms with van der Waals surface area (Å²) in [7, 11) is 0. The Morgan fingerprint density at radius 3 is 2.73 bits per heavy atom. The highest BCUT2D eigenvalue weighted by Gasteiger charge is 2.16. The lowest BCUT2D eigenvalue weighted by Gasteiger charge is -2.15. The van der Waals surface area contributed by atoms with Gasteiger partial charge in [0.15, 0.2) is 0 Å². The number of halogens is 2. The molecule has 3 nitrogen and oxygen atoms in total. The van der Waals surface area contributed by atoms with Crippen LogP contribution in [0.2, 0.25) is 0 Å². The number of hydrogen-bond donors (Lipinski definition) is 1. The SMILES string of the molecule is O=C(NCCCCN1CCCC1)C(Br)Cc1ccccc1F. The van der Waals surface area contributed by atoms with E-state index >= 15 is 0 Å². The smallest absolute Gasteiger partial charge is 0.234 e. The Labute approximate surface area is 140 Å². The molecule has 0 bridgehead atoms. The van der Waals surface area contributed by atoms with Gasteiger partial charge in [0.1, 0.15) is 5.82 Å². The molecule has 0 aliphatic carbocycles. The van der Waals surface area contributed by atoms with Crippen LogP contribution in [0.1, 0.15) is 31.2 Å². The zero-order chi connectivity index (χ0) is 15.8. The molecule has 22 heavy (non-hydrogen) atoms. The maximum Gasteiger partial charge on any atom is 0.234 e. The largest absolute Gasteiger partial charge is 0.355 e. The van der Waals surface area contributed by atoms with Gasteiger partial charge in [-0.25, -0.2) is 4.39 Å². The lowest BCUT2D eigenvalue weighted by molar-refractivity contribution is -0.120. The Morgan fingerprint density at radius 2 is 2.00 bits per heavy atom. The molecule has 1 fully saturated rings. The minimum absolute atomic E-state index is 0.0653. The van der Waals surface area contributed by atoms with Gasteiger partial charge >= 0.3 is 0 Å². The van der Waals surface area contributed by atoms with E-state index in [1.165, 1.54) is 32.0 Å². The number of alkyl halides is 1. The zero-order valence-corrected chi connectivity index (χ0v) is 14.4. The molecule has 1 amide bonds. The first-order valence-corrected chi connectivity index (χ1v) is 8.96. The van der Waals surface area contributed by atoms with E-state index in [0.717, 1.165) is 19.4 Å². The van der Waals surface area contributed by atoms with Crippen molar-refractivity contribution in [1.29, 1.82) is 0 Å². The molecule has 1 N–H and O–H groups in total. The normalized spacial score (nSPS) is 16.6. The molecule has 1 saturated heterocycles. The third-order valence-electron chi connectivity index (χ3n) is 4.04. The van der Waals surface area contributed by atoms with Crippen molar-refractivity contribution >= 4 is 21.8 Å². The number of carbonyl (C=O) groups excluding carboxylic acids is 1. The van der Waals surface area contributed by atoms with Crippen LogP contribution in [0, 0.1) is 5.82 Å². The van der Waals surface area contributed by atoms with Crippen molar-refractivity contribution in [2.45, 2.75) is 36.9 Å². The predicted octanol–water partition coefficient (Wildman–Crippen LogP) is 3.12. The third kappa shape index (κ3) is 5.69. The molecule has 1 aromatic rings. The number of likely N-dealkylation sites (tertiary alicyclic amines) is 1. The average Bonchev–Trinajstić information content (AvgIpc) is 3.02. The fourth-order valence-corrected chi connectivity index (χ4v) is 3.25. The van der Waals surface area contributed by atoms with E-state index in [9.17, 15) is 9.18 Å². The summed E-state index contributed by atoms with van der Waals surface area (Å²) in [6.45, 7) is 4.26. The van der Waals surface area contributed by atoms with Crippen molar-refractivity contribution in [1.82, 2.24) is 10.2 Å². The molecule has 0 aromatic heterocycles. The van der Waals surface area contributed by atoms with Gasteiger partial charge in [0, 0.05) is 6.54 Å². The van der Waals surface area contributed by atoms with Crippen LogP contribution in [0.5, 0.6) is 0 Å². The van der Waals surface area contributed by atoms with E-state index in [1.54, 1.807) is 18.2 Å². The second kappa shape index (κ2) is 9.26. The average molecular weight is 371 g/mol. The number of nitrogens with one attached hydrogen (secondary N) is 1. The number of hydrogen-bond acceptors (Lipinski definition) is 2. The van der Waals surface area contributed by atoms with Crippen LogP contribution in [-0.2, 0) is 11.2 Å². The number of rotatable bonds is 8. The second-order valence-corrected chi connectivity index (χ2v) is 6.92. The van der Waals surface area contributed by atoms with Crippen LogP contribution in [0.15, 0.2) is 24.3 Å². The van der Waals surface area contributed by atoms with E-state index in [2.05, 4.69) is 26.1 Å². The van der Waals surface area contributed by atoms with Crippen LogP contribution in [0.25, 0.3) is 0 Å². The van der Waals surface area contributed by atoms with E-state index < -0.39 is 0 Å². The lowest BCUT2D eigenvalue weighted by Crippen LogP contribution is -2.33. The van der Waals surface area contributed by atoms with Crippen molar-refractivity contribution in [3.05, 3.63) is 35.6 Å². The number of benzene rings is 1. The Balaban J connectivity index is 1.61. The highest BCUT2D eigenvalue weighted by Crippen LogP contribution is 2.14. The van der Waals surface area contributed by atoms with Gasteiger partial charge < -0.3 is 10.2 Å². The monoisotopic (exact) mass is 370 g/mol. The standard InChI is InChI=1S/C17H24BrFN2O/c18-15(13-14-7-1-2-8-16(14)19)17(22)20-9-3-4-10-21-11-5-6-12-21/h1-2,7-8,15H,3-6,9-13H2,(H,20,22). The van der Waals surface area contributed by atoms with E-state index in [0.29, 0.717) is 18.5 Å². The first-order valence-electron chi connectivity index (χ1n) is 8.04. The van der Waals surface area contributed by atoms with Crippen LogP contribution in [0.4, 0.5) is 4.39 Å². The highest BCUT2D eigenvalue weighted by molar-refractivity contribution is 9.10. The Hall–Kier alpha value is -0.940. The zero-order valence-electron chi connectivity index (χ0n) is 12.9. The number of amides is 1. The fraction of sp³-hybridized carbons (Fsp3) is 0.588. The Morgan fingerprint density at radius 1 is 1.27 bits per heavy atom. The van der Waals surface area contributed by atoms with Crippen LogP contribution < -0.4 is 5.32 Å². The molecule has 1 aromatic carbocycles. The topological polar surface area (TPSA) is 32.3 Å². The fourth-order valence-electron chi connectivity index (χ4n) is 2.74. The molecule has 1 atom stereocenters. The Bertz CT molecular complexity index is 477. The van der Waals surface area contributed by atoms with Gasteiger partial charge in [-0.2, -0.15) is 0 Å². The first kappa shape index (κ1) is 17.4. The number of nitrogens with zero attached hydrogens (tertiary/aromatic N) is 1. The van der Waals surface area contributed by atoms with Gasteiger partial charge in [-0.05, 0) is 63.4 Å². The molecular weight excluding hydrogens is 347 g/mol. The summed E-state index contributed by atoms with van der Waals surface area (Å²) in [5, 5.41) is 2.92. The molecule has 0 radical (unpaired) electrons. The molecule has 2 rings (SSSR count). The summed E-state index contributed by atoms with van der Waals surface area (Å²) in [5.41, 5.74) is 0.563. The molecule has 0 spiro atoms. The van der Waals surface area contributed by atoms with Crippen LogP contribution in [-0.4, -0.2) is 41.8 Å². The van der Waals surface area contributed by atoms with Gasteiger partial charge in [-0.15, -0.1) is 0 Å². The summed E-state index contributed by atoms with van der Waals surface area (Å²) in [6, 6.07) is 6.58. The maximum absolute atomic E-state index is 13.6. The highest BCUT2D eigenvalue weighted by atomic mass is 79.9. The summed E-state index contributed by atoms with van der Waals surface area (Å²) < 4.78 is 13.6. The quantitative estimate of drug-likeness (QED) is 0.563. The van der Waals surface area contributed by atoms with E-state index in [4.69, 9.17) is 0 Å². The van der Waals surface area contributed by atoms with Gasteiger partial charge in [-0.1, -0.05) is 34.1 Å². The van der Waals surface area contributed by atoms with Crippen LogP contribution >= 0.6 is 15.9 Å². The molecule has 122 valence electrons.